The molecule has 0 aliphatic heterocycles. The van der Waals surface area contributed by atoms with Crippen LogP contribution in [0.4, 0.5) is 11.6 Å². The molecule has 1 amide bonds. The normalized spacial score (nSPS) is 10.4. The van der Waals surface area contributed by atoms with Crippen LogP contribution in [-0.2, 0) is 6.54 Å². The van der Waals surface area contributed by atoms with E-state index < -0.39 is 10.8 Å². The zero-order chi connectivity index (χ0) is 17.8. The van der Waals surface area contributed by atoms with Crippen molar-refractivity contribution in [1.29, 1.82) is 0 Å². The van der Waals surface area contributed by atoms with Crippen LogP contribution in [0, 0.1) is 10.1 Å². The van der Waals surface area contributed by atoms with E-state index in [-0.39, 0.29) is 17.2 Å². The number of amides is 1. The lowest BCUT2D eigenvalue weighted by Crippen LogP contribution is -2.13. The minimum absolute atomic E-state index is 0.0755. The van der Waals surface area contributed by atoms with E-state index in [1.54, 1.807) is 4.68 Å². The first-order chi connectivity index (χ1) is 12.0. The van der Waals surface area contributed by atoms with Gasteiger partial charge in [0.25, 0.3) is 11.6 Å². The molecule has 9 heteroatoms. The van der Waals surface area contributed by atoms with E-state index >= 15 is 0 Å². The summed E-state index contributed by atoms with van der Waals surface area (Å²) in [6, 6.07) is 13.1. The van der Waals surface area contributed by atoms with Crippen LogP contribution in [0.1, 0.15) is 15.9 Å². The van der Waals surface area contributed by atoms with Crippen LogP contribution in [0.25, 0.3) is 0 Å². The van der Waals surface area contributed by atoms with Gasteiger partial charge in [-0.1, -0.05) is 28.1 Å². The molecule has 0 radical (unpaired) electrons. The first-order valence-electron chi connectivity index (χ1n) is 7.21. The van der Waals surface area contributed by atoms with Gasteiger partial charge in [-0.15, -0.1) is 5.10 Å². The van der Waals surface area contributed by atoms with E-state index in [9.17, 15) is 14.9 Å². The molecule has 0 spiro atoms. The molecule has 0 aliphatic rings. The van der Waals surface area contributed by atoms with Gasteiger partial charge in [0.05, 0.1) is 11.5 Å². The zero-order valence-corrected chi connectivity index (χ0v) is 14.4. The summed E-state index contributed by atoms with van der Waals surface area (Å²) in [5, 5.41) is 17.4. The molecule has 0 fully saturated rings. The van der Waals surface area contributed by atoms with Crippen molar-refractivity contribution < 1.29 is 9.72 Å². The lowest BCUT2D eigenvalue weighted by atomic mass is 10.2. The molecule has 126 valence electrons. The number of carbonyl (C=O) groups excluding carboxylic acids is 1. The predicted molar refractivity (Wildman–Crippen MR) is 94.3 cm³/mol. The Hall–Kier alpha value is -3.07. The van der Waals surface area contributed by atoms with Gasteiger partial charge in [-0.25, -0.2) is 9.67 Å². The Morgan fingerprint density at radius 3 is 2.48 bits per heavy atom. The number of nitro groups is 1. The minimum Gasteiger partial charge on any atom is -0.289 e. The third-order valence-corrected chi connectivity index (χ3v) is 3.89. The Labute approximate surface area is 150 Å². The molecule has 0 saturated carbocycles. The van der Waals surface area contributed by atoms with Gasteiger partial charge in [-0.05, 0) is 29.8 Å². The molecular formula is C16H12BrN5O3. The summed E-state index contributed by atoms with van der Waals surface area (Å²) in [5.74, 6) is -0.267. The molecule has 0 saturated heterocycles. The maximum Gasteiger partial charge on any atom is 0.269 e. The highest BCUT2D eigenvalue weighted by atomic mass is 79.9. The number of nitrogens with one attached hydrogen (secondary N) is 1. The minimum atomic E-state index is -0.521. The maximum absolute atomic E-state index is 12.1. The molecule has 0 unspecified atom stereocenters. The Morgan fingerprint density at radius 1 is 1.16 bits per heavy atom. The van der Waals surface area contributed by atoms with Gasteiger partial charge in [0.2, 0.25) is 5.95 Å². The van der Waals surface area contributed by atoms with Crippen molar-refractivity contribution in [3.05, 3.63) is 80.6 Å². The Morgan fingerprint density at radius 2 is 1.84 bits per heavy atom. The van der Waals surface area contributed by atoms with Crippen molar-refractivity contribution >= 4 is 33.5 Å². The molecule has 2 aromatic carbocycles. The Bertz CT molecular complexity index is 906. The van der Waals surface area contributed by atoms with Crippen LogP contribution in [-0.4, -0.2) is 25.6 Å². The van der Waals surface area contributed by atoms with Crippen molar-refractivity contribution in [1.82, 2.24) is 14.8 Å². The standard InChI is InChI=1S/C16H12BrN5O3/c17-13-5-1-11(2-6-13)9-21-10-18-16(20-21)19-15(23)12-3-7-14(8-4-12)22(24)25/h1-8,10H,9H2,(H,19,20,23). The number of hydrogen-bond acceptors (Lipinski definition) is 5. The smallest absolute Gasteiger partial charge is 0.269 e. The summed E-state index contributed by atoms with van der Waals surface area (Å²) in [7, 11) is 0. The highest BCUT2D eigenvalue weighted by Crippen LogP contribution is 2.14. The second-order valence-electron chi connectivity index (χ2n) is 5.15. The SMILES string of the molecule is O=C(Nc1ncn(Cc2ccc(Br)cc2)n1)c1ccc([N+](=O)[O-])cc1. The summed E-state index contributed by atoms with van der Waals surface area (Å²) in [6.45, 7) is 0.522. The second-order valence-corrected chi connectivity index (χ2v) is 6.07. The first kappa shape index (κ1) is 16.8. The Balaban J connectivity index is 1.65. The van der Waals surface area contributed by atoms with Gasteiger partial charge in [0.15, 0.2) is 0 Å². The van der Waals surface area contributed by atoms with Crippen LogP contribution in [0.5, 0.6) is 0 Å². The van der Waals surface area contributed by atoms with Crippen LogP contribution < -0.4 is 5.32 Å². The number of carbonyl (C=O) groups is 1. The van der Waals surface area contributed by atoms with E-state index in [1.165, 1.54) is 30.6 Å². The lowest BCUT2D eigenvalue weighted by molar-refractivity contribution is -0.384. The number of nitro benzene ring substituents is 1. The molecule has 0 bridgehead atoms. The zero-order valence-electron chi connectivity index (χ0n) is 12.8. The molecule has 0 aliphatic carbocycles. The summed E-state index contributed by atoms with van der Waals surface area (Å²) < 4.78 is 2.60. The van der Waals surface area contributed by atoms with E-state index in [4.69, 9.17) is 0 Å². The summed E-state index contributed by atoms with van der Waals surface area (Å²) in [5.41, 5.74) is 1.25. The van der Waals surface area contributed by atoms with Crippen LogP contribution in [0.15, 0.2) is 59.3 Å². The van der Waals surface area contributed by atoms with Crippen molar-refractivity contribution in [2.24, 2.45) is 0 Å². The number of benzene rings is 2. The van der Waals surface area contributed by atoms with Gasteiger partial charge in [-0.3, -0.25) is 20.2 Å². The lowest BCUT2D eigenvalue weighted by Gasteiger charge is -2.02. The molecular weight excluding hydrogens is 390 g/mol. The number of hydrogen-bond donors (Lipinski definition) is 1. The third kappa shape index (κ3) is 4.27. The van der Waals surface area contributed by atoms with Crippen molar-refractivity contribution in [3.63, 3.8) is 0 Å². The van der Waals surface area contributed by atoms with E-state index in [1.807, 2.05) is 24.3 Å². The average molecular weight is 402 g/mol. The van der Waals surface area contributed by atoms with Gasteiger partial charge >= 0.3 is 0 Å². The van der Waals surface area contributed by atoms with Crippen molar-refractivity contribution in [2.45, 2.75) is 6.54 Å². The molecule has 3 rings (SSSR count). The number of anilines is 1. The largest absolute Gasteiger partial charge is 0.289 e. The highest BCUT2D eigenvalue weighted by Gasteiger charge is 2.11. The molecule has 1 N–H and O–H groups in total. The van der Waals surface area contributed by atoms with Crippen LogP contribution in [0.2, 0.25) is 0 Å². The maximum atomic E-state index is 12.1. The van der Waals surface area contributed by atoms with Crippen molar-refractivity contribution in [2.75, 3.05) is 5.32 Å². The quantitative estimate of drug-likeness (QED) is 0.521. The van der Waals surface area contributed by atoms with E-state index in [2.05, 4.69) is 31.3 Å². The van der Waals surface area contributed by atoms with Crippen LogP contribution >= 0.6 is 15.9 Å². The van der Waals surface area contributed by atoms with Gasteiger partial charge in [0, 0.05) is 22.2 Å². The average Bonchev–Trinajstić information content (AvgIpc) is 3.04. The van der Waals surface area contributed by atoms with E-state index in [0.717, 1.165) is 10.0 Å². The van der Waals surface area contributed by atoms with Crippen molar-refractivity contribution in [3.8, 4) is 0 Å². The number of rotatable bonds is 5. The molecule has 3 aromatic rings. The fourth-order valence-corrected chi connectivity index (χ4v) is 2.38. The van der Waals surface area contributed by atoms with Gasteiger partial charge < -0.3 is 0 Å². The van der Waals surface area contributed by atoms with Gasteiger partial charge in [-0.2, -0.15) is 0 Å². The number of non-ortho nitro benzene ring substituents is 1. The molecule has 1 heterocycles. The fraction of sp³-hybridized carbons (Fsp3) is 0.0625. The van der Waals surface area contributed by atoms with Gasteiger partial charge in [0.1, 0.15) is 6.33 Å². The Kier molecular flexibility index (Phi) is 4.85. The highest BCUT2D eigenvalue weighted by molar-refractivity contribution is 9.10. The predicted octanol–water partition coefficient (Wildman–Crippen LogP) is 3.25. The first-order valence-corrected chi connectivity index (χ1v) is 8.00. The molecule has 8 nitrogen and oxygen atoms in total. The summed E-state index contributed by atoms with van der Waals surface area (Å²) >= 11 is 3.38. The van der Waals surface area contributed by atoms with E-state index in [0.29, 0.717) is 6.54 Å². The molecule has 25 heavy (non-hydrogen) atoms. The summed E-state index contributed by atoms with van der Waals surface area (Å²) in [4.78, 5) is 26.3. The fourth-order valence-electron chi connectivity index (χ4n) is 2.11. The topological polar surface area (TPSA) is 103 Å². The molecule has 0 atom stereocenters. The number of nitrogens with zero attached hydrogens (tertiary/aromatic N) is 4. The van der Waals surface area contributed by atoms with Crippen LogP contribution in [0.3, 0.4) is 0 Å². The summed E-state index contributed by atoms with van der Waals surface area (Å²) in [6.07, 6.45) is 1.52. The number of aromatic nitrogens is 3. The number of halogens is 1. The second kappa shape index (κ2) is 7.22. The molecule has 1 aromatic heterocycles. The third-order valence-electron chi connectivity index (χ3n) is 3.36. The monoisotopic (exact) mass is 401 g/mol.